The quantitative estimate of drug-likeness (QED) is 0.827. The van der Waals surface area contributed by atoms with Crippen LogP contribution in [0.15, 0.2) is 4.52 Å². The first-order chi connectivity index (χ1) is 9.87. The molecule has 2 N–H and O–H groups in total. The zero-order chi connectivity index (χ0) is 15.5. The first kappa shape index (κ1) is 15.7. The van der Waals surface area contributed by atoms with E-state index in [0.29, 0.717) is 24.9 Å². The first-order valence-electron chi connectivity index (χ1n) is 7.04. The third-order valence-electron chi connectivity index (χ3n) is 3.34. The normalized spacial score (nSPS) is 20.3. The monoisotopic (exact) mass is 297 g/mol. The van der Waals surface area contributed by atoms with Gasteiger partial charge in [-0.25, -0.2) is 4.79 Å². The van der Waals surface area contributed by atoms with Crippen molar-refractivity contribution in [2.24, 2.45) is 0 Å². The van der Waals surface area contributed by atoms with Crippen LogP contribution in [-0.4, -0.2) is 60.5 Å². The number of carbonyl (C=O) groups is 1. The van der Waals surface area contributed by atoms with Gasteiger partial charge in [0.05, 0.1) is 18.2 Å². The number of amides is 2. The molecule has 21 heavy (non-hydrogen) atoms. The average Bonchev–Trinajstić information content (AvgIpc) is 2.84. The number of ether oxygens (including phenoxy) is 1. The summed E-state index contributed by atoms with van der Waals surface area (Å²) in [7, 11) is 2.04. The van der Waals surface area contributed by atoms with Gasteiger partial charge in [-0.15, -0.1) is 0 Å². The van der Waals surface area contributed by atoms with E-state index in [1.54, 1.807) is 6.92 Å². The van der Waals surface area contributed by atoms with E-state index in [-0.39, 0.29) is 12.1 Å². The van der Waals surface area contributed by atoms with Crippen LogP contribution < -0.4 is 10.6 Å². The van der Waals surface area contributed by atoms with Crippen molar-refractivity contribution in [3.63, 3.8) is 0 Å². The number of hydrogen-bond donors (Lipinski definition) is 2. The van der Waals surface area contributed by atoms with Gasteiger partial charge in [-0.3, -0.25) is 0 Å². The highest BCUT2D eigenvalue weighted by Crippen LogP contribution is 2.16. The predicted molar refractivity (Wildman–Crippen MR) is 75.8 cm³/mol. The van der Waals surface area contributed by atoms with Crippen molar-refractivity contribution >= 4 is 6.03 Å². The Morgan fingerprint density at radius 3 is 2.90 bits per heavy atom. The summed E-state index contributed by atoms with van der Waals surface area (Å²) in [4.78, 5) is 18.3. The zero-order valence-corrected chi connectivity index (χ0v) is 13.0. The Hall–Kier alpha value is -1.67. The van der Waals surface area contributed by atoms with Crippen molar-refractivity contribution in [1.82, 2.24) is 25.7 Å². The van der Waals surface area contributed by atoms with E-state index in [1.807, 2.05) is 20.9 Å². The summed E-state index contributed by atoms with van der Waals surface area (Å²) in [5.74, 6) is 0.919. The van der Waals surface area contributed by atoms with E-state index >= 15 is 0 Å². The molecule has 1 aliphatic rings. The zero-order valence-electron chi connectivity index (χ0n) is 13.0. The molecule has 1 aromatic rings. The predicted octanol–water partition coefficient (Wildman–Crippen LogP) is 0.243. The molecule has 2 heterocycles. The fraction of sp³-hybridized carbons (Fsp3) is 0.769. The molecule has 0 bridgehead atoms. The Kier molecular flexibility index (Phi) is 4.79. The van der Waals surface area contributed by atoms with E-state index in [2.05, 4.69) is 25.7 Å². The van der Waals surface area contributed by atoms with Crippen molar-refractivity contribution in [2.45, 2.75) is 32.4 Å². The maximum atomic E-state index is 12.0. The lowest BCUT2D eigenvalue weighted by atomic mass is 10.1. The highest BCUT2D eigenvalue weighted by molar-refractivity contribution is 5.74. The van der Waals surface area contributed by atoms with Gasteiger partial charge >= 0.3 is 6.03 Å². The van der Waals surface area contributed by atoms with Gasteiger partial charge < -0.3 is 24.8 Å². The molecule has 8 nitrogen and oxygen atoms in total. The van der Waals surface area contributed by atoms with Crippen LogP contribution in [-0.2, 0) is 10.3 Å². The van der Waals surface area contributed by atoms with Gasteiger partial charge in [0.15, 0.2) is 5.82 Å². The highest BCUT2D eigenvalue weighted by Gasteiger charge is 2.28. The minimum Gasteiger partial charge on any atom is -0.374 e. The molecule has 118 valence electrons. The van der Waals surface area contributed by atoms with E-state index < -0.39 is 5.54 Å². The molecule has 0 aromatic carbocycles. The SMILES string of the molecule is Cc1nc(C(C)(C)NC(=O)NCC2CN(C)CCO2)no1. The molecule has 1 atom stereocenters. The van der Waals surface area contributed by atoms with Gasteiger partial charge in [0.1, 0.15) is 0 Å². The Morgan fingerprint density at radius 2 is 2.29 bits per heavy atom. The molecule has 1 aromatic heterocycles. The van der Waals surface area contributed by atoms with Crippen molar-refractivity contribution in [1.29, 1.82) is 0 Å². The highest BCUT2D eigenvalue weighted by atomic mass is 16.5. The second kappa shape index (κ2) is 6.40. The van der Waals surface area contributed by atoms with Crippen LogP contribution in [0.25, 0.3) is 0 Å². The van der Waals surface area contributed by atoms with Gasteiger partial charge in [-0.05, 0) is 20.9 Å². The Bertz CT molecular complexity index is 488. The van der Waals surface area contributed by atoms with Crippen LogP contribution in [0, 0.1) is 6.92 Å². The molecule has 1 unspecified atom stereocenters. The molecule has 1 fully saturated rings. The molecular formula is C13H23N5O3. The van der Waals surface area contributed by atoms with Crippen LogP contribution in [0.1, 0.15) is 25.6 Å². The van der Waals surface area contributed by atoms with Crippen molar-refractivity contribution in [2.75, 3.05) is 33.3 Å². The van der Waals surface area contributed by atoms with E-state index in [1.165, 1.54) is 0 Å². The number of carbonyl (C=O) groups excluding carboxylic acids is 1. The molecule has 0 spiro atoms. The number of morpholine rings is 1. The summed E-state index contributed by atoms with van der Waals surface area (Å²) < 4.78 is 10.5. The van der Waals surface area contributed by atoms with Gasteiger partial charge in [0, 0.05) is 26.6 Å². The van der Waals surface area contributed by atoms with Gasteiger partial charge in [-0.2, -0.15) is 4.98 Å². The van der Waals surface area contributed by atoms with Crippen molar-refractivity contribution in [3.8, 4) is 0 Å². The number of aryl methyl sites for hydroxylation is 1. The summed E-state index contributed by atoms with van der Waals surface area (Å²) in [5, 5.41) is 9.49. The lowest BCUT2D eigenvalue weighted by Gasteiger charge is -2.30. The lowest BCUT2D eigenvalue weighted by Crippen LogP contribution is -2.51. The maximum absolute atomic E-state index is 12.0. The number of nitrogens with zero attached hydrogens (tertiary/aromatic N) is 3. The minimum atomic E-state index is -0.702. The van der Waals surface area contributed by atoms with Crippen LogP contribution >= 0.6 is 0 Å². The smallest absolute Gasteiger partial charge is 0.315 e. The maximum Gasteiger partial charge on any atom is 0.315 e. The average molecular weight is 297 g/mol. The van der Waals surface area contributed by atoms with E-state index in [4.69, 9.17) is 9.26 Å². The Labute approximate surface area is 124 Å². The topological polar surface area (TPSA) is 92.5 Å². The fourth-order valence-corrected chi connectivity index (χ4v) is 2.13. The number of rotatable bonds is 4. The van der Waals surface area contributed by atoms with E-state index in [0.717, 1.165) is 13.1 Å². The van der Waals surface area contributed by atoms with Crippen LogP contribution in [0.5, 0.6) is 0 Å². The van der Waals surface area contributed by atoms with Crippen LogP contribution in [0.3, 0.4) is 0 Å². The summed E-state index contributed by atoms with van der Waals surface area (Å²) in [6.45, 7) is 8.25. The Balaban J connectivity index is 1.81. The fourth-order valence-electron chi connectivity index (χ4n) is 2.13. The van der Waals surface area contributed by atoms with Gasteiger partial charge in [0.2, 0.25) is 5.89 Å². The number of likely N-dealkylation sites (N-methyl/N-ethyl adjacent to an activating group) is 1. The molecule has 2 amide bonds. The van der Waals surface area contributed by atoms with Crippen molar-refractivity contribution < 1.29 is 14.1 Å². The van der Waals surface area contributed by atoms with Crippen molar-refractivity contribution in [3.05, 3.63) is 11.7 Å². The largest absolute Gasteiger partial charge is 0.374 e. The molecule has 1 saturated heterocycles. The summed E-state index contributed by atoms with van der Waals surface area (Å²) in [5.41, 5.74) is -0.702. The molecular weight excluding hydrogens is 274 g/mol. The second-order valence-electron chi connectivity index (χ2n) is 5.85. The molecule has 0 saturated carbocycles. The van der Waals surface area contributed by atoms with Crippen LogP contribution in [0.2, 0.25) is 0 Å². The molecule has 8 heteroatoms. The number of urea groups is 1. The summed E-state index contributed by atoms with van der Waals surface area (Å²) in [6, 6.07) is -0.278. The lowest BCUT2D eigenvalue weighted by molar-refractivity contribution is -0.0168. The van der Waals surface area contributed by atoms with Gasteiger partial charge in [0.25, 0.3) is 0 Å². The summed E-state index contributed by atoms with van der Waals surface area (Å²) in [6.07, 6.45) is 0.0185. The standard InChI is InChI=1S/C13H23N5O3/c1-9-15-11(17-21-9)13(2,3)16-12(19)14-7-10-8-18(4)5-6-20-10/h10H,5-8H2,1-4H3,(H2,14,16,19). The Morgan fingerprint density at radius 1 is 1.52 bits per heavy atom. The molecule has 0 aliphatic carbocycles. The third-order valence-corrected chi connectivity index (χ3v) is 3.34. The second-order valence-corrected chi connectivity index (χ2v) is 5.85. The van der Waals surface area contributed by atoms with Crippen LogP contribution in [0.4, 0.5) is 4.79 Å². The number of aromatic nitrogens is 2. The number of hydrogen-bond acceptors (Lipinski definition) is 6. The van der Waals surface area contributed by atoms with E-state index in [9.17, 15) is 4.79 Å². The minimum absolute atomic E-state index is 0.0185. The summed E-state index contributed by atoms with van der Waals surface area (Å²) >= 11 is 0. The molecule has 2 rings (SSSR count). The molecule has 1 aliphatic heterocycles. The third kappa shape index (κ3) is 4.40. The first-order valence-corrected chi connectivity index (χ1v) is 7.04. The number of nitrogens with one attached hydrogen (secondary N) is 2. The molecule has 0 radical (unpaired) electrons. The van der Waals surface area contributed by atoms with Gasteiger partial charge in [-0.1, -0.05) is 5.16 Å².